The maximum Gasteiger partial charge on any atom is 2.00 e. The first-order chi connectivity index (χ1) is 9.96. The summed E-state index contributed by atoms with van der Waals surface area (Å²) in [6.45, 7) is 4.25. The van der Waals surface area contributed by atoms with E-state index in [4.69, 9.17) is 43.3 Å². The van der Waals surface area contributed by atoms with Crippen molar-refractivity contribution in [2.45, 2.75) is 33.2 Å². The monoisotopic (exact) mass is 696 g/mol. The van der Waals surface area contributed by atoms with Crippen LogP contribution in [0.25, 0.3) is 0 Å². The summed E-state index contributed by atoms with van der Waals surface area (Å²) in [5, 5.41) is 0. The summed E-state index contributed by atoms with van der Waals surface area (Å²) in [4.78, 5) is 0. The van der Waals surface area contributed by atoms with Gasteiger partial charge in [-0.2, -0.15) is 21.6 Å². The van der Waals surface area contributed by atoms with E-state index < -0.39 is 36.9 Å². The van der Waals surface area contributed by atoms with Crippen LogP contribution in [-0.4, -0.2) is 40.3 Å². The predicted octanol–water partition coefficient (Wildman–Crippen LogP) is 4.40. The molecule has 0 spiro atoms. The normalized spacial score (nSPS) is 9.65. The molecule has 0 heterocycles. The van der Waals surface area contributed by atoms with Gasteiger partial charge in [0.25, 0.3) is 0 Å². The van der Waals surface area contributed by atoms with Gasteiger partial charge in [-0.15, -0.1) is 0 Å². The SMILES string of the molecule is C.CCC.COS(=O)(=O)C(F)(F)F.CS(=O)(=O)[O-].[Cl][Fe]([Cl])[Cl].[Fe+2].[S]=[Zn].[Zn+2]. The van der Waals surface area contributed by atoms with Crippen LogP contribution in [0, 0.1) is 0 Å². The van der Waals surface area contributed by atoms with Crippen molar-refractivity contribution in [1.29, 1.82) is 0 Å². The second kappa shape index (κ2) is 30.2. The van der Waals surface area contributed by atoms with Crippen molar-refractivity contribution in [2.75, 3.05) is 13.4 Å². The van der Waals surface area contributed by atoms with Crippen molar-refractivity contribution in [1.82, 2.24) is 0 Å². The number of halogens is 6. The van der Waals surface area contributed by atoms with Gasteiger partial charge in [0.1, 0.15) is 0 Å². The van der Waals surface area contributed by atoms with Crippen molar-refractivity contribution in [2.24, 2.45) is 0 Å². The van der Waals surface area contributed by atoms with Gasteiger partial charge in [0.15, 0.2) is 0 Å². The van der Waals surface area contributed by atoms with Crippen LogP contribution in [0.15, 0.2) is 0 Å². The van der Waals surface area contributed by atoms with E-state index in [1.807, 2.05) is 0 Å². The summed E-state index contributed by atoms with van der Waals surface area (Å²) in [5.74, 6) is 0. The molecule has 0 bridgehead atoms. The largest absolute Gasteiger partial charge is 2.00 e. The Hall–Kier alpha value is 2.99. The Morgan fingerprint density at radius 2 is 1.23 bits per heavy atom. The third kappa shape index (κ3) is 81.1. The fourth-order valence-corrected chi connectivity index (χ4v) is 0.283. The standard InChI is InChI=1S/C3H8.C2H3F3O3S.CH4O3S.CH4.3ClH.2Fe.S.2Zn/c1-3-2;1-8-9(6,7)2(3,4)5;1-5(2,3)4;;;;;;;;;/h3H2,1-2H3;1H3;1H3,(H,2,3,4);1H4;3*1H;;;;;/q;;;;;;;+2;+3;;;+2/p-4. The first-order valence-electron chi connectivity index (χ1n) is 4.69. The molecule has 6 nitrogen and oxygen atoms in total. The van der Waals surface area contributed by atoms with Crippen molar-refractivity contribution in [3.63, 3.8) is 0 Å². The molecule has 0 radical (unpaired) electrons. The maximum atomic E-state index is 11.1. The van der Waals surface area contributed by atoms with E-state index >= 15 is 0 Å². The van der Waals surface area contributed by atoms with E-state index in [0.29, 0.717) is 13.4 Å². The molecular formula is C7H18Cl3F3Fe2O6S3Zn2+3. The molecule has 0 N–H and O–H groups in total. The van der Waals surface area contributed by atoms with Crippen LogP contribution in [0.5, 0.6) is 0 Å². The molecule has 0 amide bonds. The minimum absolute atomic E-state index is 0. The molecule has 0 aromatic rings. The van der Waals surface area contributed by atoms with Gasteiger partial charge in [0.2, 0.25) is 0 Å². The molecule has 26 heavy (non-hydrogen) atoms. The quantitative estimate of drug-likeness (QED) is 0.173. The molecule has 159 valence electrons. The zero-order chi connectivity index (χ0) is 20.5. The van der Waals surface area contributed by atoms with Crippen LogP contribution < -0.4 is 0 Å². The molecule has 0 saturated carbocycles. The molecule has 0 rings (SSSR count). The average molecular weight is 700 g/mol. The Kier molecular flexibility index (Phi) is 59.8. The Bertz CT molecular complexity index is 447. The van der Waals surface area contributed by atoms with E-state index in [0.717, 1.165) is 16.6 Å². The van der Waals surface area contributed by atoms with Crippen LogP contribution in [0.2, 0.25) is 0 Å². The summed E-state index contributed by atoms with van der Waals surface area (Å²) < 4.78 is 83.1. The number of hydrogen-bond acceptors (Lipinski definition) is 7. The van der Waals surface area contributed by atoms with E-state index in [-0.39, 0.29) is 44.0 Å². The van der Waals surface area contributed by atoms with E-state index in [1.54, 1.807) is 0 Å². The molecule has 0 aliphatic carbocycles. The molecule has 0 fully saturated rings. The third-order valence-electron chi connectivity index (χ3n) is 0.503. The molecule has 0 aromatic carbocycles. The van der Waals surface area contributed by atoms with Gasteiger partial charge >= 0.3 is 120 Å². The number of hydrogen-bond donors (Lipinski definition) is 0. The van der Waals surface area contributed by atoms with Gasteiger partial charge < -0.3 is 4.55 Å². The predicted molar refractivity (Wildman–Crippen MR) is 85.5 cm³/mol. The molecule has 0 unspecified atom stereocenters. The fourth-order valence-electron chi connectivity index (χ4n) is 0.0945. The molecule has 0 aromatic heterocycles. The Morgan fingerprint density at radius 3 is 1.23 bits per heavy atom. The minimum atomic E-state index is -5.34. The Morgan fingerprint density at radius 1 is 1.12 bits per heavy atom. The minimum Gasteiger partial charge on any atom is 2.00 e. The van der Waals surface area contributed by atoms with Crippen LogP contribution in [0.3, 0.4) is 0 Å². The first-order valence-corrected chi connectivity index (χ1v) is 16.7. The smallest absolute Gasteiger partial charge is 2.00 e. The number of alkyl halides is 3. The fraction of sp³-hybridized carbons (Fsp3) is 1.00. The molecule has 0 atom stereocenters. The van der Waals surface area contributed by atoms with Gasteiger partial charge in [-0.25, -0.2) is 8.42 Å². The van der Waals surface area contributed by atoms with Gasteiger partial charge in [-0.1, -0.05) is 27.7 Å². The average Bonchev–Trinajstić information content (AvgIpc) is 2.28. The van der Waals surface area contributed by atoms with Crippen molar-refractivity contribution >= 4 is 60.6 Å². The molecule has 0 aliphatic rings. The Balaban J connectivity index is -0.0000000278. The van der Waals surface area contributed by atoms with E-state index in [2.05, 4.69) is 28.1 Å². The molecule has 0 aliphatic heterocycles. The van der Waals surface area contributed by atoms with Gasteiger partial charge in [0, 0.05) is 6.26 Å². The third-order valence-corrected chi connectivity index (χ3v) is 1.51. The maximum absolute atomic E-state index is 11.1. The summed E-state index contributed by atoms with van der Waals surface area (Å²) in [6.07, 6.45) is 1.85. The molecular weight excluding hydrogens is 682 g/mol. The topological polar surface area (TPSA) is 101 Å². The summed E-state index contributed by atoms with van der Waals surface area (Å²) in [6, 6.07) is 0. The second-order valence-electron chi connectivity index (χ2n) is 2.63. The first kappa shape index (κ1) is 51.5. The van der Waals surface area contributed by atoms with E-state index in [1.165, 1.54) is 6.42 Å². The zero-order valence-electron chi connectivity index (χ0n) is 13.3. The van der Waals surface area contributed by atoms with Gasteiger partial charge in [-0.05, 0) is 0 Å². The van der Waals surface area contributed by atoms with Gasteiger partial charge in [-0.3, -0.25) is 4.18 Å². The number of rotatable bonds is 1. The Labute approximate surface area is 207 Å². The van der Waals surface area contributed by atoms with E-state index in [9.17, 15) is 21.6 Å². The van der Waals surface area contributed by atoms with Crippen molar-refractivity contribution in [3.8, 4) is 0 Å². The summed E-state index contributed by atoms with van der Waals surface area (Å²) in [5.41, 5.74) is -5.30. The van der Waals surface area contributed by atoms with Gasteiger partial charge in [0.05, 0.1) is 17.2 Å². The second-order valence-corrected chi connectivity index (χ2v) is 11.2. The van der Waals surface area contributed by atoms with Crippen LogP contribution in [0.4, 0.5) is 13.2 Å². The van der Waals surface area contributed by atoms with Crippen molar-refractivity contribution < 1.29 is 103 Å². The molecule has 19 heteroatoms. The van der Waals surface area contributed by atoms with Crippen LogP contribution in [0.1, 0.15) is 27.7 Å². The summed E-state index contributed by atoms with van der Waals surface area (Å²) >= 11 is -0.375. The zero-order valence-corrected chi connectivity index (χ0v) is 26.1. The van der Waals surface area contributed by atoms with Crippen LogP contribution >= 0.6 is 40.4 Å². The van der Waals surface area contributed by atoms with Crippen LogP contribution in [-0.2, 0) is 88.7 Å². The van der Waals surface area contributed by atoms with Crippen molar-refractivity contribution in [3.05, 3.63) is 0 Å². The molecule has 0 saturated heterocycles. The summed E-state index contributed by atoms with van der Waals surface area (Å²) in [7, 11) is 10.1.